The summed E-state index contributed by atoms with van der Waals surface area (Å²) in [7, 11) is 0. The van der Waals surface area contributed by atoms with Crippen molar-refractivity contribution < 1.29 is 23.0 Å². The summed E-state index contributed by atoms with van der Waals surface area (Å²) in [6.45, 7) is -0.249. The molecule has 2 N–H and O–H groups in total. The predicted molar refractivity (Wildman–Crippen MR) is 63.6 cm³/mol. The molecule has 1 unspecified atom stereocenters. The average molecular weight is 283 g/mol. The fourth-order valence-electron chi connectivity index (χ4n) is 1.31. The van der Waals surface area contributed by atoms with Gasteiger partial charge in [0.1, 0.15) is 6.61 Å². The molecule has 0 saturated carbocycles. The molecule has 104 valence electrons. The molecule has 0 saturated heterocycles. The third kappa shape index (κ3) is 6.95. The molecule has 0 amide bonds. The van der Waals surface area contributed by atoms with Gasteiger partial charge < -0.3 is 15.2 Å². The van der Waals surface area contributed by atoms with E-state index >= 15 is 0 Å². The Kier molecular flexibility index (Phi) is 6.62. The molecule has 0 aliphatic carbocycles. The van der Waals surface area contributed by atoms with Crippen molar-refractivity contribution >= 4 is 11.3 Å². The van der Waals surface area contributed by atoms with E-state index in [1.165, 1.54) is 11.3 Å². The van der Waals surface area contributed by atoms with Crippen LogP contribution in [0.4, 0.5) is 13.2 Å². The number of hydrogen-bond acceptors (Lipinski definition) is 4. The van der Waals surface area contributed by atoms with E-state index in [-0.39, 0.29) is 6.61 Å². The number of ether oxygens (including phenoxy) is 1. The third-order valence-electron chi connectivity index (χ3n) is 2.17. The second-order valence-corrected chi connectivity index (χ2v) is 4.58. The van der Waals surface area contributed by atoms with Crippen molar-refractivity contribution in [3.8, 4) is 0 Å². The highest BCUT2D eigenvalue weighted by Crippen LogP contribution is 2.15. The van der Waals surface area contributed by atoms with Gasteiger partial charge in [-0.2, -0.15) is 24.5 Å². The standard InChI is InChI=1S/C11H16F3NO2S/c12-11(13,14)8-17-4-1-3-15-6-10(16)9-2-5-18-7-9/h2,5,7,10,15-16H,1,3-4,6,8H2. The molecule has 18 heavy (non-hydrogen) atoms. The van der Waals surface area contributed by atoms with E-state index in [1.807, 2.05) is 16.8 Å². The number of thiophene rings is 1. The third-order valence-corrected chi connectivity index (χ3v) is 2.88. The second kappa shape index (κ2) is 7.73. The molecule has 1 heterocycles. The van der Waals surface area contributed by atoms with E-state index < -0.39 is 18.9 Å². The van der Waals surface area contributed by atoms with Gasteiger partial charge in [-0.15, -0.1) is 0 Å². The number of aliphatic hydroxyl groups is 1. The first-order valence-electron chi connectivity index (χ1n) is 5.54. The molecule has 3 nitrogen and oxygen atoms in total. The van der Waals surface area contributed by atoms with Crippen LogP contribution in [0.25, 0.3) is 0 Å². The van der Waals surface area contributed by atoms with Gasteiger partial charge in [0.05, 0.1) is 6.10 Å². The summed E-state index contributed by atoms with van der Waals surface area (Å²) in [5, 5.41) is 16.4. The average Bonchev–Trinajstić information content (AvgIpc) is 2.79. The highest BCUT2D eigenvalue weighted by atomic mass is 32.1. The minimum atomic E-state index is -4.26. The fraction of sp³-hybridized carbons (Fsp3) is 0.636. The lowest BCUT2D eigenvalue weighted by molar-refractivity contribution is -0.173. The Morgan fingerprint density at radius 3 is 2.83 bits per heavy atom. The van der Waals surface area contributed by atoms with Gasteiger partial charge >= 0.3 is 6.18 Å². The van der Waals surface area contributed by atoms with Crippen LogP contribution >= 0.6 is 11.3 Å². The molecule has 1 aromatic rings. The molecule has 1 aromatic heterocycles. The van der Waals surface area contributed by atoms with Gasteiger partial charge in [0, 0.05) is 13.2 Å². The maximum atomic E-state index is 11.7. The number of rotatable bonds is 8. The van der Waals surface area contributed by atoms with Crippen LogP contribution in [0.3, 0.4) is 0 Å². The molecule has 0 aliphatic heterocycles. The van der Waals surface area contributed by atoms with Crippen LogP contribution in [-0.4, -0.2) is 37.6 Å². The Morgan fingerprint density at radius 2 is 2.22 bits per heavy atom. The number of hydrogen-bond donors (Lipinski definition) is 2. The van der Waals surface area contributed by atoms with E-state index in [0.717, 1.165) is 5.56 Å². The summed E-state index contributed by atoms with van der Waals surface area (Å²) in [5.41, 5.74) is 0.848. The van der Waals surface area contributed by atoms with Crippen molar-refractivity contribution in [2.75, 3.05) is 26.3 Å². The largest absolute Gasteiger partial charge is 0.411 e. The first-order chi connectivity index (χ1) is 8.49. The van der Waals surface area contributed by atoms with E-state index in [0.29, 0.717) is 19.5 Å². The molecule has 0 aromatic carbocycles. The first-order valence-corrected chi connectivity index (χ1v) is 6.48. The number of aliphatic hydroxyl groups excluding tert-OH is 1. The highest BCUT2D eigenvalue weighted by molar-refractivity contribution is 7.07. The number of alkyl halides is 3. The normalized spacial score (nSPS) is 13.8. The summed E-state index contributed by atoms with van der Waals surface area (Å²) < 4.78 is 39.6. The molecule has 7 heteroatoms. The summed E-state index contributed by atoms with van der Waals surface area (Å²) in [4.78, 5) is 0. The Balaban J connectivity index is 1.96. The van der Waals surface area contributed by atoms with Gasteiger partial charge in [-0.25, -0.2) is 0 Å². The van der Waals surface area contributed by atoms with Crippen LogP contribution in [0.2, 0.25) is 0 Å². The maximum Gasteiger partial charge on any atom is 0.411 e. The van der Waals surface area contributed by atoms with Crippen LogP contribution in [0.5, 0.6) is 0 Å². The SMILES string of the molecule is OC(CNCCCOCC(F)(F)F)c1ccsc1. The smallest absolute Gasteiger partial charge is 0.387 e. The fourth-order valence-corrected chi connectivity index (χ4v) is 2.02. The van der Waals surface area contributed by atoms with Crippen LogP contribution in [-0.2, 0) is 4.74 Å². The van der Waals surface area contributed by atoms with Crippen LogP contribution in [0.1, 0.15) is 18.1 Å². The van der Waals surface area contributed by atoms with Gasteiger partial charge in [0.15, 0.2) is 0 Å². The Morgan fingerprint density at radius 1 is 1.44 bits per heavy atom. The molecule has 0 radical (unpaired) electrons. The van der Waals surface area contributed by atoms with Crippen molar-refractivity contribution in [3.05, 3.63) is 22.4 Å². The Hall–Kier alpha value is -0.630. The molecule has 0 fully saturated rings. The van der Waals surface area contributed by atoms with Gasteiger partial charge in [-0.1, -0.05) is 0 Å². The topological polar surface area (TPSA) is 41.5 Å². The molecular formula is C11H16F3NO2S. The number of nitrogens with one attached hydrogen (secondary N) is 1. The van der Waals surface area contributed by atoms with Crippen molar-refractivity contribution in [2.24, 2.45) is 0 Å². The lowest BCUT2D eigenvalue weighted by atomic mass is 10.2. The first kappa shape index (κ1) is 15.4. The molecule has 1 atom stereocenters. The monoisotopic (exact) mass is 283 g/mol. The Labute approximate surface area is 108 Å². The van der Waals surface area contributed by atoms with Gasteiger partial charge in [0.25, 0.3) is 0 Å². The number of halogens is 3. The quantitative estimate of drug-likeness (QED) is 0.720. The molecule has 0 bridgehead atoms. The van der Waals surface area contributed by atoms with Crippen molar-refractivity contribution in [2.45, 2.75) is 18.7 Å². The minimum Gasteiger partial charge on any atom is -0.387 e. The summed E-state index contributed by atoms with van der Waals surface area (Å²) in [6.07, 6.45) is -4.36. The molecule has 0 spiro atoms. The van der Waals surface area contributed by atoms with Gasteiger partial charge in [0.2, 0.25) is 0 Å². The maximum absolute atomic E-state index is 11.7. The summed E-state index contributed by atoms with van der Waals surface area (Å²) in [6, 6.07) is 1.84. The van der Waals surface area contributed by atoms with Gasteiger partial charge in [-0.3, -0.25) is 0 Å². The zero-order chi connectivity index (χ0) is 13.4. The lowest BCUT2D eigenvalue weighted by Gasteiger charge is -2.11. The van der Waals surface area contributed by atoms with Crippen LogP contribution in [0, 0.1) is 0 Å². The van der Waals surface area contributed by atoms with Crippen molar-refractivity contribution in [1.29, 1.82) is 0 Å². The van der Waals surface area contributed by atoms with E-state index in [2.05, 4.69) is 10.1 Å². The summed E-state index contributed by atoms with van der Waals surface area (Å²) in [5.74, 6) is 0. The molecular weight excluding hydrogens is 267 g/mol. The van der Waals surface area contributed by atoms with E-state index in [1.54, 1.807) is 0 Å². The predicted octanol–water partition coefficient (Wildman–Crippen LogP) is 2.34. The second-order valence-electron chi connectivity index (χ2n) is 3.80. The zero-order valence-corrected chi connectivity index (χ0v) is 10.6. The molecule has 0 aliphatic rings. The lowest BCUT2D eigenvalue weighted by Crippen LogP contribution is -2.24. The zero-order valence-electron chi connectivity index (χ0n) is 9.74. The van der Waals surface area contributed by atoms with Crippen molar-refractivity contribution in [1.82, 2.24) is 5.32 Å². The van der Waals surface area contributed by atoms with Gasteiger partial charge in [-0.05, 0) is 35.4 Å². The van der Waals surface area contributed by atoms with E-state index in [4.69, 9.17) is 0 Å². The minimum absolute atomic E-state index is 0.0566. The van der Waals surface area contributed by atoms with E-state index in [9.17, 15) is 18.3 Å². The van der Waals surface area contributed by atoms with Crippen LogP contribution in [0.15, 0.2) is 16.8 Å². The summed E-state index contributed by atoms with van der Waals surface area (Å²) >= 11 is 1.51. The van der Waals surface area contributed by atoms with Crippen LogP contribution < -0.4 is 5.32 Å². The van der Waals surface area contributed by atoms with Crippen molar-refractivity contribution in [3.63, 3.8) is 0 Å². The Bertz CT molecular complexity index is 317. The highest BCUT2D eigenvalue weighted by Gasteiger charge is 2.27. The molecule has 1 rings (SSSR count).